The molecule has 0 radical (unpaired) electrons. The minimum Gasteiger partial charge on any atom is -0.479 e. The second-order valence-electron chi connectivity index (χ2n) is 4.40. The van der Waals surface area contributed by atoms with E-state index >= 15 is 0 Å². The zero-order chi connectivity index (χ0) is 14.2. The summed E-state index contributed by atoms with van der Waals surface area (Å²) in [6, 6.07) is 1.65. The van der Waals surface area contributed by atoms with Crippen LogP contribution in [0.4, 0.5) is 0 Å². The Morgan fingerprint density at radius 2 is 1.89 bits per heavy atom. The molecule has 2 rings (SSSR count). The van der Waals surface area contributed by atoms with Crippen LogP contribution in [0, 0.1) is 0 Å². The molecule has 0 spiro atoms. The fourth-order valence-corrected chi connectivity index (χ4v) is 2.30. The first-order chi connectivity index (χ1) is 8.89. The van der Waals surface area contributed by atoms with E-state index in [0.717, 1.165) is 11.8 Å². The highest BCUT2D eigenvalue weighted by Crippen LogP contribution is 2.31. The van der Waals surface area contributed by atoms with Crippen LogP contribution in [0.25, 0.3) is 0 Å². The molecule has 1 aromatic rings. The van der Waals surface area contributed by atoms with Crippen molar-refractivity contribution in [2.75, 3.05) is 0 Å². The molecule has 0 fully saturated rings. The molecule has 1 amide bonds. The topological polar surface area (TPSA) is 108 Å². The van der Waals surface area contributed by atoms with Crippen LogP contribution in [0.2, 0.25) is 0 Å². The molecular formula is C12H12N2O5. The van der Waals surface area contributed by atoms with Gasteiger partial charge >= 0.3 is 11.9 Å². The number of aromatic nitrogens is 1. The van der Waals surface area contributed by atoms with Gasteiger partial charge in [0, 0.05) is 32.3 Å². The van der Waals surface area contributed by atoms with Crippen LogP contribution in [0.5, 0.6) is 0 Å². The van der Waals surface area contributed by atoms with E-state index in [0.29, 0.717) is 11.1 Å². The Bertz CT molecular complexity index is 555. The monoisotopic (exact) mass is 264 g/mol. The summed E-state index contributed by atoms with van der Waals surface area (Å²) in [5, 5.41) is 18.6. The molecule has 0 aromatic carbocycles. The predicted octanol–water partition coefficient (Wildman–Crippen LogP) is -0.106. The molecular weight excluding hydrogens is 252 g/mol. The maximum Gasteiger partial charge on any atom is 0.341 e. The first-order valence-corrected chi connectivity index (χ1v) is 5.56. The standard InChI is InChI=1S/C12H12N2O5/c1-7(15)14-6-8-2-3-13-5-9(8)4-12(14,10(16)17)11(18)19/h2-3,5H,4,6H2,1H3,(H,16,17)(H,18,19). The van der Waals surface area contributed by atoms with Crippen molar-refractivity contribution in [3.63, 3.8) is 0 Å². The third kappa shape index (κ3) is 1.83. The molecule has 0 bridgehead atoms. The van der Waals surface area contributed by atoms with Crippen LogP contribution in [-0.2, 0) is 27.3 Å². The molecule has 2 heterocycles. The third-order valence-electron chi connectivity index (χ3n) is 3.33. The molecule has 100 valence electrons. The molecule has 0 aliphatic carbocycles. The van der Waals surface area contributed by atoms with E-state index in [4.69, 9.17) is 0 Å². The van der Waals surface area contributed by atoms with Crippen LogP contribution >= 0.6 is 0 Å². The van der Waals surface area contributed by atoms with Crippen molar-refractivity contribution < 1.29 is 24.6 Å². The summed E-state index contributed by atoms with van der Waals surface area (Å²) in [6.07, 6.45) is 2.67. The van der Waals surface area contributed by atoms with Crippen LogP contribution < -0.4 is 0 Å². The summed E-state index contributed by atoms with van der Waals surface area (Å²) in [5.74, 6) is -3.69. The number of hydrogen-bond acceptors (Lipinski definition) is 4. The molecule has 0 saturated heterocycles. The predicted molar refractivity (Wildman–Crippen MR) is 62.2 cm³/mol. The summed E-state index contributed by atoms with van der Waals surface area (Å²) in [7, 11) is 0. The maximum atomic E-state index is 11.6. The van der Waals surface area contributed by atoms with E-state index in [-0.39, 0.29) is 13.0 Å². The third-order valence-corrected chi connectivity index (χ3v) is 3.33. The van der Waals surface area contributed by atoms with Gasteiger partial charge in [0.2, 0.25) is 11.4 Å². The minimum absolute atomic E-state index is 0.0498. The highest BCUT2D eigenvalue weighted by atomic mass is 16.4. The molecule has 2 N–H and O–H groups in total. The molecule has 7 heteroatoms. The summed E-state index contributed by atoms with van der Waals surface area (Å²) < 4.78 is 0. The quantitative estimate of drug-likeness (QED) is 0.722. The fourth-order valence-electron chi connectivity index (χ4n) is 2.30. The van der Waals surface area contributed by atoms with Crippen molar-refractivity contribution >= 4 is 17.8 Å². The Balaban J connectivity index is 2.61. The van der Waals surface area contributed by atoms with E-state index in [1.165, 1.54) is 12.4 Å². The highest BCUT2D eigenvalue weighted by molar-refractivity contribution is 6.06. The first kappa shape index (κ1) is 13.0. The number of carbonyl (C=O) groups is 3. The lowest BCUT2D eigenvalue weighted by Gasteiger charge is -2.40. The van der Waals surface area contributed by atoms with Gasteiger partial charge in [-0.05, 0) is 17.2 Å². The number of rotatable bonds is 2. The van der Waals surface area contributed by atoms with Gasteiger partial charge in [0.1, 0.15) is 0 Å². The van der Waals surface area contributed by atoms with Crippen LogP contribution in [-0.4, -0.2) is 43.5 Å². The number of carbonyl (C=O) groups excluding carboxylic acids is 1. The number of carboxylic acid groups (broad SMARTS) is 2. The van der Waals surface area contributed by atoms with Gasteiger partial charge in [0.25, 0.3) is 0 Å². The molecule has 1 aliphatic heterocycles. The fraction of sp³-hybridized carbons (Fsp3) is 0.333. The zero-order valence-corrected chi connectivity index (χ0v) is 10.2. The second kappa shape index (κ2) is 4.34. The van der Waals surface area contributed by atoms with E-state index < -0.39 is 23.4 Å². The summed E-state index contributed by atoms with van der Waals surface area (Å²) >= 11 is 0. The van der Waals surface area contributed by atoms with Gasteiger partial charge in [-0.1, -0.05) is 0 Å². The zero-order valence-electron chi connectivity index (χ0n) is 10.2. The van der Waals surface area contributed by atoms with Gasteiger partial charge < -0.3 is 15.1 Å². The van der Waals surface area contributed by atoms with Crippen molar-refractivity contribution in [2.24, 2.45) is 0 Å². The van der Waals surface area contributed by atoms with Crippen LogP contribution in [0.15, 0.2) is 18.5 Å². The number of hydrogen-bond donors (Lipinski definition) is 2. The van der Waals surface area contributed by atoms with E-state index in [1.54, 1.807) is 6.07 Å². The smallest absolute Gasteiger partial charge is 0.341 e. The number of amides is 1. The van der Waals surface area contributed by atoms with Crippen LogP contribution in [0.1, 0.15) is 18.1 Å². The number of aliphatic carboxylic acids is 2. The van der Waals surface area contributed by atoms with Crippen molar-refractivity contribution in [3.05, 3.63) is 29.6 Å². The summed E-state index contributed by atoms with van der Waals surface area (Å²) in [4.78, 5) is 39.2. The lowest BCUT2D eigenvalue weighted by atomic mass is 9.83. The Morgan fingerprint density at radius 1 is 1.26 bits per heavy atom. The number of pyridine rings is 1. The lowest BCUT2D eigenvalue weighted by molar-refractivity contribution is -0.174. The second-order valence-corrected chi connectivity index (χ2v) is 4.40. The Labute approximate surface area is 108 Å². The van der Waals surface area contributed by atoms with Gasteiger partial charge in [-0.15, -0.1) is 0 Å². The molecule has 7 nitrogen and oxygen atoms in total. The average molecular weight is 264 g/mol. The molecule has 1 aromatic heterocycles. The van der Waals surface area contributed by atoms with Crippen molar-refractivity contribution in [1.82, 2.24) is 9.88 Å². The van der Waals surface area contributed by atoms with Crippen molar-refractivity contribution in [2.45, 2.75) is 25.4 Å². The molecule has 19 heavy (non-hydrogen) atoms. The van der Waals surface area contributed by atoms with Gasteiger partial charge in [0.05, 0.1) is 0 Å². The molecule has 0 saturated carbocycles. The minimum atomic E-state index is -2.26. The Kier molecular flexibility index (Phi) is 2.97. The molecule has 0 unspecified atom stereocenters. The first-order valence-electron chi connectivity index (χ1n) is 5.56. The van der Waals surface area contributed by atoms with Crippen LogP contribution in [0.3, 0.4) is 0 Å². The summed E-state index contributed by atoms with van der Waals surface area (Å²) in [6.45, 7) is 1.11. The molecule has 0 atom stereocenters. The van der Waals surface area contributed by atoms with Crippen molar-refractivity contribution in [3.8, 4) is 0 Å². The number of fused-ring (bicyclic) bond motifs is 1. The van der Waals surface area contributed by atoms with E-state index in [9.17, 15) is 24.6 Å². The lowest BCUT2D eigenvalue weighted by Crippen LogP contribution is -2.64. The normalized spacial score (nSPS) is 16.6. The SMILES string of the molecule is CC(=O)N1Cc2ccncc2CC1(C(=O)O)C(=O)O. The van der Waals surface area contributed by atoms with Gasteiger partial charge in [0.15, 0.2) is 0 Å². The van der Waals surface area contributed by atoms with E-state index in [2.05, 4.69) is 4.98 Å². The molecule has 1 aliphatic rings. The Hall–Kier alpha value is -2.44. The van der Waals surface area contributed by atoms with Crippen molar-refractivity contribution in [1.29, 1.82) is 0 Å². The Morgan fingerprint density at radius 3 is 2.42 bits per heavy atom. The number of nitrogens with zero attached hydrogens (tertiary/aromatic N) is 2. The largest absolute Gasteiger partial charge is 0.479 e. The summed E-state index contributed by atoms with van der Waals surface area (Å²) in [5.41, 5.74) is -1.02. The van der Waals surface area contributed by atoms with Gasteiger partial charge in [-0.2, -0.15) is 0 Å². The number of carboxylic acids is 2. The van der Waals surface area contributed by atoms with E-state index in [1.807, 2.05) is 0 Å². The highest BCUT2D eigenvalue weighted by Gasteiger charge is 2.55. The van der Waals surface area contributed by atoms with Gasteiger partial charge in [-0.3, -0.25) is 9.78 Å². The maximum absolute atomic E-state index is 11.6. The van der Waals surface area contributed by atoms with Gasteiger partial charge in [-0.25, -0.2) is 9.59 Å². The average Bonchev–Trinajstić information content (AvgIpc) is 2.36.